The fraction of sp³-hybridized carbons (Fsp3) is 0.545. The van der Waals surface area contributed by atoms with Gasteiger partial charge in [-0.15, -0.1) is 0 Å². The van der Waals surface area contributed by atoms with Crippen molar-refractivity contribution in [3.05, 3.63) is 35.4 Å². The Morgan fingerprint density at radius 2 is 1.53 bits per heavy atom. The molecule has 1 aromatic rings. The van der Waals surface area contributed by atoms with Crippen LogP contribution in [0, 0.1) is 5.92 Å². The van der Waals surface area contributed by atoms with Crippen molar-refractivity contribution in [3.63, 3.8) is 0 Å². The van der Waals surface area contributed by atoms with E-state index in [2.05, 4.69) is 5.32 Å². The van der Waals surface area contributed by atoms with Crippen LogP contribution in [0.3, 0.4) is 0 Å². The summed E-state index contributed by atoms with van der Waals surface area (Å²) in [5, 5.41) is 3.31. The lowest BCUT2D eigenvalue weighted by Gasteiger charge is -2.30. The van der Waals surface area contributed by atoms with Crippen LogP contribution >= 0.6 is 0 Å². The van der Waals surface area contributed by atoms with Crippen molar-refractivity contribution in [3.8, 4) is 0 Å². The Morgan fingerprint density at radius 1 is 0.967 bits per heavy atom. The Hall–Kier alpha value is -2.90. The van der Waals surface area contributed by atoms with Gasteiger partial charge < -0.3 is 14.9 Å². The Labute approximate surface area is 175 Å². The first-order valence-electron chi connectivity index (χ1n) is 10.4. The summed E-state index contributed by atoms with van der Waals surface area (Å²) in [5.41, 5.74) is -0.255. The van der Waals surface area contributed by atoms with Crippen molar-refractivity contribution in [1.82, 2.24) is 10.4 Å². The first-order valence-corrected chi connectivity index (χ1v) is 10.4. The van der Waals surface area contributed by atoms with Gasteiger partial charge in [-0.25, -0.2) is 9.59 Å². The van der Waals surface area contributed by atoms with E-state index in [0.29, 0.717) is 17.9 Å². The number of rotatable bonds is 3. The van der Waals surface area contributed by atoms with E-state index in [-0.39, 0.29) is 11.1 Å². The highest BCUT2D eigenvalue weighted by Crippen LogP contribution is 2.28. The fourth-order valence-electron chi connectivity index (χ4n) is 3.81. The number of alkyl carbamates (subject to hydrolysis) is 1. The van der Waals surface area contributed by atoms with Crippen molar-refractivity contribution in [2.75, 3.05) is 0 Å². The Bertz CT molecular complexity index is 809. The van der Waals surface area contributed by atoms with E-state index < -0.39 is 41.4 Å². The zero-order chi connectivity index (χ0) is 21.9. The van der Waals surface area contributed by atoms with E-state index in [1.54, 1.807) is 32.9 Å². The quantitative estimate of drug-likeness (QED) is 0.756. The fourth-order valence-corrected chi connectivity index (χ4v) is 3.81. The normalized spacial score (nSPS) is 22.0. The standard InChI is InChI=1S/C22H28N2O6/c1-22(2,3)29-21(28)23-17-13-7-5-4-6-12-16(17)20(27)30-24-18(25)14-10-8-9-11-15(14)19(24)26/h8-11,16-17H,4-7,12-13H2,1-3H3,(H,23,28)/t16-,17+/m1/s1. The van der Waals surface area contributed by atoms with Gasteiger partial charge in [0.1, 0.15) is 5.60 Å². The molecule has 1 aromatic carbocycles. The van der Waals surface area contributed by atoms with Crippen molar-refractivity contribution in [2.45, 2.75) is 70.9 Å². The van der Waals surface area contributed by atoms with E-state index in [1.807, 2.05) is 0 Å². The first-order chi connectivity index (χ1) is 14.2. The maximum absolute atomic E-state index is 13.0. The maximum Gasteiger partial charge on any atom is 0.407 e. The third-order valence-electron chi connectivity index (χ3n) is 5.21. The molecule has 0 saturated heterocycles. The first kappa shape index (κ1) is 21.8. The summed E-state index contributed by atoms with van der Waals surface area (Å²) in [5.74, 6) is -2.70. The number of hydrogen-bond acceptors (Lipinski definition) is 6. The molecule has 162 valence electrons. The Morgan fingerprint density at radius 3 is 2.10 bits per heavy atom. The van der Waals surface area contributed by atoms with Crippen LogP contribution in [0.1, 0.15) is 80.0 Å². The summed E-state index contributed by atoms with van der Waals surface area (Å²) in [7, 11) is 0. The average Bonchev–Trinajstić information content (AvgIpc) is 2.88. The topological polar surface area (TPSA) is 102 Å². The molecule has 0 bridgehead atoms. The summed E-state index contributed by atoms with van der Waals surface area (Å²) in [6.45, 7) is 5.29. The molecule has 1 saturated carbocycles. The molecule has 30 heavy (non-hydrogen) atoms. The van der Waals surface area contributed by atoms with E-state index in [0.717, 1.165) is 25.7 Å². The van der Waals surface area contributed by atoms with Crippen LogP contribution in [-0.2, 0) is 14.4 Å². The molecule has 0 aromatic heterocycles. The highest BCUT2D eigenvalue weighted by Gasteiger charge is 2.41. The van der Waals surface area contributed by atoms with Crippen LogP contribution in [0.2, 0.25) is 0 Å². The van der Waals surface area contributed by atoms with Gasteiger partial charge in [-0.2, -0.15) is 0 Å². The SMILES string of the molecule is CC(C)(C)OC(=O)N[C@H]1CCCCCC[C@H]1C(=O)ON1C(=O)c2ccccc2C1=O. The second-order valence-corrected chi connectivity index (χ2v) is 8.71. The number of hydroxylamine groups is 2. The van der Waals surface area contributed by atoms with Crippen LogP contribution in [-0.4, -0.2) is 40.6 Å². The number of ether oxygens (including phenoxy) is 1. The second-order valence-electron chi connectivity index (χ2n) is 8.71. The minimum Gasteiger partial charge on any atom is -0.444 e. The summed E-state index contributed by atoms with van der Waals surface area (Å²) in [6.07, 6.45) is 4.07. The molecule has 2 aliphatic rings. The smallest absolute Gasteiger partial charge is 0.407 e. The number of benzene rings is 1. The van der Waals surface area contributed by atoms with Crippen LogP contribution in [0.5, 0.6) is 0 Å². The van der Waals surface area contributed by atoms with Crippen molar-refractivity contribution in [1.29, 1.82) is 0 Å². The van der Waals surface area contributed by atoms with Crippen LogP contribution in [0.4, 0.5) is 4.79 Å². The van der Waals surface area contributed by atoms with Gasteiger partial charge in [0.25, 0.3) is 11.8 Å². The maximum atomic E-state index is 13.0. The van der Waals surface area contributed by atoms with Gasteiger partial charge in [-0.1, -0.05) is 42.9 Å². The van der Waals surface area contributed by atoms with Crippen LogP contribution in [0.15, 0.2) is 24.3 Å². The molecule has 1 heterocycles. The number of carbonyl (C=O) groups is 4. The predicted octanol–water partition coefficient (Wildman–Crippen LogP) is 3.60. The van der Waals surface area contributed by atoms with Crippen LogP contribution in [0.25, 0.3) is 0 Å². The molecule has 1 aliphatic carbocycles. The van der Waals surface area contributed by atoms with Crippen LogP contribution < -0.4 is 5.32 Å². The number of hydrogen-bond donors (Lipinski definition) is 1. The molecule has 3 rings (SSSR count). The summed E-state index contributed by atoms with van der Waals surface area (Å²) >= 11 is 0. The van der Waals surface area contributed by atoms with E-state index in [9.17, 15) is 19.2 Å². The predicted molar refractivity (Wildman–Crippen MR) is 107 cm³/mol. The van der Waals surface area contributed by atoms with Crippen molar-refractivity contribution < 1.29 is 28.8 Å². The van der Waals surface area contributed by atoms with Gasteiger partial charge in [0.15, 0.2) is 0 Å². The lowest BCUT2D eigenvalue weighted by molar-refractivity contribution is -0.175. The molecule has 1 N–H and O–H groups in total. The number of fused-ring (bicyclic) bond motifs is 1. The molecule has 0 radical (unpaired) electrons. The molecule has 0 spiro atoms. The minimum atomic E-state index is -0.701. The summed E-state index contributed by atoms with van der Waals surface area (Å²) < 4.78 is 5.33. The van der Waals surface area contributed by atoms with Crippen molar-refractivity contribution >= 4 is 23.9 Å². The highest BCUT2D eigenvalue weighted by molar-refractivity contribution is 6.20. The average molecular weight is 416 g/mol. The monoisotopic (exact) mass is 416 g/mol. The Kier molecular flexibility index (Phi) is 6.43. The second kappa shape index (κ2) is 8.85. The molecular weight excluding hydrogens is 388 g/mol. The molecule has 2 atom stereocenters. The molecule has 1 fully saturated rings. The summed E-state index contributed by atoms with van der Waals surface area (Å²) in [4.78, 5) is 55.5. The lowest BCUT2D eigenvalue weighted by Crippen LogP contribution is -2.47. The number of carbonyl (C=O) groups excluding carboxylic acids is 4. The molecule has 1 aliphatic heterocycles. The van der Waals surface area contributed by atoms with Gasteiger partial charge in [0.05, 0.1) is 17.0 Å². The third kappa shape index (κ3) is 4.98. The molecular formula is C22H28N2O6. The van der Waals surface area contributed by atoms with Gasteiger partial charge in [0.2, 0.25) is 0 Å². The number of nitrogens with one attached hydrogen (secondary N) is 1. The molecule has 8 heteroatoms. The van der Waals surface area contributed by atoms with E-state index >= 15 is 0 Å². The zero-order valence-electron chi connectivity index (χ0n) is 17.6. The zero-order valence-corrected chi connectivity index (χ0v) is 17.6. The van der Waals surface area contributed by atoms with Crippen molar-refractivity contribution in [2.24, 2.45) is 5.92 Å². The highest BCUT2D eigenvalue weighted by atomic mass is 16.7. The lowest BCUT2D eigenvalue weighted by atomic mass is 9.87. The van der Waals surface area contributed by atoms with Gasteiger partial charge in [-0.3, -0.25) is 9.59 Å². The number of imide groups is 1. The van der Waals surface area contributed by atoms with Gasteiger partial charge in [0, 0.05) is 6.04 Å². The largest absolute Gasteiger partial charge is 0.444 e. The molecule has 8 nitrogen and oxygen atoms in total. The minimum absolute atomic E-state index is 0.205. The van der Waals surface area contributed by atoms with Gasteiger partial charge >= 0.3 is 12.1 Å². The third-order valence-corrected chi connectivity index (χ3v) is 5.21. The van der Waals surface area contributed by atoms with E-state index in [4.69, 9.17) is 9.57 Å². The molecule has 0 unspecified atom stereocenters. The number of nitrogens with zero attached hydrogens (tertiary/aromatic N) is 1. The van der Waals surface area contributed by atoms with E-state index in [1.165, 1.54) is 12.1 Å². The van der Waals surface area contributed by atoms with Gasteiger partial charge in [-0.05, 0) is 45.7 Å². The summed E-state index contributed by atoms with van der Waals surface area (Å²) in [6, 6.07) is 5.83. The molecule has 3 amide bonds. The Balaban J connectivity index is 1.73. The number of amides is 3.